The maximum atomic E-state index is 11.8. The summed E-state index contributed by atoms with van der Waals surface area (Å²) in [5.74, 6) is -0.850. The van der Waals surface area contributed by atoms with Crippen molar-refractivity contribution in [1.29, 1.82) is 0 Å². The van der Waals surface area contributed by atoms with E-state index in [2.05, 4.69) is 10.4 Å². The lowest BCUT2D eigenvalue weighted by Crippen LogP contribution is -2.24. The molecule has 6 heteroatoms. The first-order valence-corrected chi connectivity index (χ1v) is 6.51. The van der Waals surface area contributed by atoms with Gasteiger partial charge in [-0.05, 0) is 19.8 Å². The summed E-state index contributed by atoms with van der Waals surface area (Å²) in [5, 5.41) is 15.3. The molecule has 0 spiro atoms. The van der Waals surface area contributed by atoms with Gasteiger partial charge in [0.1, 0.15) is 0 Å². The number of carbonyl (C=O) groups excluding carboxylic acids is 1. The summed E-state index contributed by atoms with van der Waals surface area (Å²) < 4.78 is 1.67. The van der Waals surface area contributed by atoms with Crippen molar-refractivity contribution in [2.24, 2.45) is 7.05 Å². The highest BCUT2D eigenvalue weighted by Gasteiger charge is 2.11. The smallest absolute Gasteiger partial charge is 0.303 e. The van der Waals surface area contributed by atoms with E-state index >= 15 is 0 Å². The Kier molecular flexibility index (Phi) is 6.05. The average Bonchev–Trinajstić information content (AvgIpc) is 2.68. The molecule has 106 valence electrons. The van der Waals surface area contributed by atoms with Crippen LogP contribution in [-0.2, 0) is 11.8 Å². The van der Waals surface area contributed by atoms with Gasteiger partial charge in [-0.2, -0.15) is 5.10 Å². The minimum atomic E-state index is -0.750. The van der Waals surface area contributed by atoms with Crippen LogP contribution in [-0.4, -0.2) is 33.3 Å². The maximum Gasteiger partial charge on any atom is 0.303 e. The van der Waals surface area contributed by atoms with Gasteiger partial charge in [0.25, 0.3) is 5.91 Å². The van der Waals surface area contributed by atoms with Crippen LogP contribution in [0.25, 0.3) is 0 Å². The highest BCUT2D eigenvalue weighted by Crippen LogP contribution is 2.06. The topological polar surface area (TPSA) is 84.2 Å². The zero-order chi connectivity index (χ0) is 14.3. The number of hydrogen-bond donors (Lipinski definition) is 2. The van der Waals surface area contributed by atoms with Gasteiger partial charge in [-0.15, -0.1) is 0 Å². The molecule has 0 saturated heterocycles. The third-order valence-corrected chi connectivity index (χ3v) is 3.08. The number of carboxylic acid groups (broad SMARTS) is 1. The van der Waals surface area contributed by atoms with Gasteiger partial charge in [0, 0.05) is 25.7 Å². The summed E-state index contributed by atoms with van der Waals surface area (Å²) in [6.45, 7) is 2.47. The first-order valence-electron chi connectivity index (χ1n) is 6.51. The van der Waals surface area contributed by atoms with E-state index in [0.717, 1.165) is 25.0 Å². The van der Waals surface area contributed by atoms with Crippen molar-refractivity contribution in [3.63, 3.8) is 0 Å². The lowest BCUT2D eigenvalue weighted by Gasteiger charge is -2.04. The Morgan fingerprint density at radius 3 is 2.58 bits per heavy atom. The fourth-order valence-corrected chi connectivity index (χ4v) is 1.77. The van der Waals surface area contributed by atoms with Crippen molar-refractivity contribution in [3.05, 3.63) is 17.5 Å². The van der Waals surface area contributed by atoms with Gasteiger partial charge in [-0.25, -0.2) is 0 Å². The van der Waals surface area contributed by atoms with Crippen LogP contribution < -0.4 is 5.32 Å². The van der Waals surface area contributed by atoms with E-state index in [1.165, 1.54) is 0 Å². The first kappa shape index (κ1) is 15.2. The van der Waals surface area contributed by atoms with E-state index in [0.29, 0.717) is 18.5 Å². The van der Waals surface area contributed by atoms with Gasteiger partial charge in [-0.1, -0.05) is 12.8 Å². The summed E-state index contributed by atoms with van der Waals surface area (Å²) in [5.41, 5.74) is 1.45. The van der Waals surface area contributed by atoms with E-state index in [-0.39, 0.29) is 12.3 Å². The van der Waals surface area contributed by atoms with Crippen LogP contribution in [0.15, 0.2) is 6.20 Å². The van der Waals surface area contributed by atoms with Gasteiger partial charge in [0.15, 0.2) is 0 Å². The molecular formula is C13H21N3O3. The van der Waals surface area contributed by atoms with Gasteiger partial charge in [0.2, 0.25) is 0 Å². The Hall–Kier alpha value is -1.85. The van der Waals surface area contributed by atoms with Crippen LogP contribution in [0.2, 0.25) is 0 Å². The number of aliphatic carboxylic acids is 1. The molecule has 0 atom stereocenters. The Labute approximate surface area is 112 Å². The predicted molar refractivity (Wildman–Crippen MR) is 71.0 cm³/mol. The summed E-state index contributed by atoms with van der Waals surface area (Å²) >= 11 is 0. The molecular weight excluding hydrogens is 246 g/mol. The molecule has 1 heterocycles. The van der Waals surface area contributed by atoms with Crippen LogP contribution in [0.1, 0.15) is 48.2 Å². The zero-order valence-corrected chi connectivity index (χ0v) is 11.5. The van der Waals surface area contributed by atoms with Gasteiger partial charge < -0.3 is 10.4 Å². The predicted octanol–water partition coefficient (Wildman–Crippen LogP) is 1.49. The Bertz CT molecular complexity index is 440. The van der Waals surface area contributed by atoms with Crippen LogP contribution in [0.3, 0.4) is 0 Å². The molecule has 6 nitrogen and oxygen atoms in total. The summed E-state index contributed by atoms with van der Waals surface area (Å²) in [6, 6.07) is 0. The highest BCUT2D eigenvalue weighted by molar-refractivity contribution is 5.94. The fraction of sp³-hybridized carbons (Fsp3) is 0.615. The second kappa shape index (κ2) is 7.56. The number of hydrogen-bond acceptors (Lipinski definition) is 3. The normalized spacial score (nSPS) is 10.4. The molecule has 0 aliphatic carbocycles. The second-order valence-corrected chi connectivity index (χ2v) is 4.58. The minimum Gasteiger partial charge on any atom is -0.481 e. The van der Waals surface area contributed by atoms with Crippen LogP contribution in [0.5, 0.6) is 0 Å². The molecule has 0 aliphatic rings. The van der Waals surface area contributed by atoms with E-state index in [1.807, 2.05) is 6.92 Å². The molecule has 1 amide bonds. The minimum absolute atomic E-state index is 0.101. The largest absolute Gasteiger partial charge is 0.481 e. The van der Waals surface area contributed by atoms with Crippen molar-refractivity contribution in [2.45, 2.75) is 39.0 Å². The SMILES string of the molecule is Cc1c(C(=O)NCCCCCCC(=O)O)cnn1C. The third kappa shape index (κ3) is 5.11. The van der Waals surface area contributed by atoms with Crippen LogP contribution >= 0.6 is 0 Å². The van der Waals surface area contributed by atoms with Crippen LogP contribution in [0, 0.1) is 6.92 Å². The standard InChI is InChI=1S/C13H21N3O3/c1-10-11(9-15-16(10)2)13(19)14-8-6-4-3-5-7-12(17)18/h9H,3-8H2,1-2H3,(H,14,19)(H,17,18). The number of aromatic nitrogens is 2. The number of nitrogens with zero attached hydrogens (tertiary/aromatic N) is 2. The summed E-state index contributed by atoms with van der Waals surface area (Å²) in [6.07, 6.45) is 5.17. The molecule has 0 bridgehead atoms. The third-order valence-electron chi connectivity index (χ3n) is 3.08. The Balaban J connectivity index is 2.14. The monoisotopic (exact) mass is 267 g/mol. The number of carboxylic acids is 1. The average molecular weight is 267 g/mol. The summed E-state index contributed by atoms with van der Waals surface area (Å²) in [4.78, 5) is 22.1. The van der Waals surface area contributed by atoms with Crippen molar-refractivity contribution in [1.82, 2.24) is 15.1 Å². The number of rotatable bonds is 8. The Morgan fingerprint density at radius 2 is 2.00 bits per heavy atom. The molecule has 0 radical (unpaired) electrons. The van der Waals surface area contributed by atoms with E-state index in [9.17, 15) is 9.59 Å². The van der Waals surface area contributed by atoms with Crippen molar-refractivity contribution < 1.29 is 14.7 Å². The number of carbonyl (C=O) groups is 2. The van der Waals surface area contributed by atoms with E-state index < -0.39 is 5.97 Å². The lowest BCUT2D eigenvalue weighted by atomic mass is 10.1. The van der Waals surface area contributed by atoms with E-state index in [1.54, 1.807) is 17.9 Å². The molecule has 2 N–H and O–H groups in total. The quantitative estimate of drug-likeness (QED) is 0.699. The Morgan fingerprint density at radius 1 is 1.32 bits per heavy atom. The molecule has 19 heavy (non-hydrogen) atoms. The molecule has 1 rings (SSSR count). The highest BCUT2D eigenvalue weighted by atomic mass is 16.4. The molecule has 0 aliphatic heterocycles. The lowest BCUT2D eigenvalue weighted by molar-refractivity contribution is -0.137. The van der Waals surface area contributed by atoms with E-state index in [4.69, 9.17) is 5.11 Å². The summed E-state index contributed by atoms with van der Waals surface area (Å²) in [7, 11) is 1.80. The van der Waals surface area contributed by atoms with Gasteiger partial charge >= 0.3 is 5.97 Å². The molecule has 1 aromatic rings. The molecule has 1 aromatic heterocycles. The number of nitrogens with one attached hydrogen (secondary N) is 1. The van der Waals surface area contributed by atoms with Gasteiger partial charge in [-0.3, -0.25) is 14.3 Å². The molecule has 0 unspecified atom stereocenters. The first-order chi connectivity index (χ1) is 9.02. The fourth-order valence-electron chi connectivity index (χ4n) is 1.77. The van der Waals surface area contributed by atoms with Crippen molar-refractivity contribution in [2.75, 3.05) is 6.54 Å². The number of unbranched alkanes of at least 4 members (excludes halogenated alkanes) is 3. The van der Waals surface area contributed by atoms with Crippen molar-refractivity contribution >= 4 is 11.9 Å². The number of amides is 1. The second-order valence-electron chi connectivity index (χ2n) is 4.58. The molecule has 0 fully saturated rings. The molecule has 0 saturated carbocycles. The molecule has 0 aromatic carbocycles. The number of aryl methyl sites for hydroxylation is 1. The zero-order valence-electron chi connectivity index (χ0n) is 11.5. The maximum absolute atomic E-state index is 11.8. The van der Waals surface area contributed by atoms with Crippen LogP contribution in [0.4, 0.5) is 0 Å². The van der Waals surface area contributed by atoms with Gasteiger partial charge in [0.05, 0.1) is 11.8 Å². The van der Waals surface area contributed by atoms with Crippen molar-refractivity contribution in [3.8, 4) is 0 Å².